The molecule has 2 heterocycles. The number of carbonyl (C=O) groups is 2. The van der Waals surface area contributed by atoms with E-state index in [1.54, 1.807) is 12.1 Å². The summed E-state index contributed by atoms with van der Waals surface area (Å²) < 4.78 is 7.45. The van der Waals surface area contributed by atoms with Crippen molar-refractivity contribution in [2.24, 2.45) is 0 Å². The summed E-state index contributed by atoms with van der Waals surface area (Å²) in [7, 11) is 0. The van der Waals surface area contributed by atoms with Gasteiger partial charge in [0.15, 0.2) is 0 Å². The lowest BCUT2D eigenvalue weighted by Crippen LogP contribution is -2.35. The van der Waals surface area contributed by atoms with Crippen molar-refractivity contribution in [3.63, 3.8) is 0 Å². The number of imidazole rings is 1. The van der Waals surface area contributed by atoms with E-state index in [0.717, 1.165) is 30.5 Å². The van der Waals surface area contributed by atoms with Crippen molar-refractivity contribution in [2.75, 3.05) is 13.2 Å². The quantitative estimate of drug-likeness (QED) is 0.632. The number of nitrogens with one attached hydrogen (secondary N) is 2. The number of aromatic nitrogens is 2. The third-order valence-electron chi connectivity index (χ3n) is 5.31. The fraction of sp³-hybridized carbons (Fsp3) is 0.348. The summed E-state index contributed by atoms with van der Waals surface area (Å²) in [6.07, 6.45) is 2.11. The molecule has 1 saturated heterocycles. The van der Waals surface area contributed by atoms with Gasteiger partial charge in [-0.25, -0.2) is 4.98 Å². The Balaban J connectivity index is 1.52. The highest BCUT2D eigenvalue weighted by atomic mass is 16.5. The number of hydrogen-bond acceptors (Lipinski definition) is 4. The number of para-hydroxylation sites is 2. The molecule has 7 nitrogen and oxygen atoms in total. The normalized spacial score (nSPS) is 17.0. The van der Waals surface area contributed by atoms with E-state index >= 15 is 0 Å². The molecule has 0 aliphatic carbocycles. The number of carbonyl (C=O) groups excluding carboxylic acids is 2. The molecule has 0 saturated carbocycles. The lowest BCUT2D eigenvalue weighted by Gasteiger charge is -2.17. The number of hydrogen-bond donors (Lipinski definition) is 2. The molecular weight excluding hydrogens is 380 g/mol. The van der Waals surface area contributed by atoms with E-state index in [0.29, 0.717) is 17.9 Å². The van der Waals surface area contributed by atoms with Crippen LogP contribution >= 0.6 is 0 Å². The van der Waals surface area contributed by atoms with Gasteiger partial charge in [0.25, 0.3) is 5.91 Å². The molecule has 2 N–H and O–H groups in total. The summed E-state index contributed by atoms with van der Waals surface area (Å²) >= 11 is 0. The predicted octanol–water partition coefficient (Wildman–Crippen LogP) is 2.82. The Morgan fingerprint density at radius 1 is 1.17 bits per heavy atom. The van der Waals surface area contributed by atoms with Gasteiger partial charge in [0.2, 0.25) is 5.91 Å². The average Bonchev–Trinajstić information content (AvgIpc) is 3.41. The van der Waals surface area contributed by atoms with Crippen molar-refractivity contribution >= 4 is 22.8 Å². The smallest absolute Gasteiger partial charge is 0.251 e. The standard InChI is InChI=1S/C23H26N4O3/c1-16(25-23(29)17-8-3-2-4-9-17)22-26-19-11-5-6-12-20(19)27(22)15-21(28)24-14-18-10-7-13-30-18/h2-6,8-9,11-12,16,18H,7,10,13-15H2,1H3,(H,24,28)(H,25,29). The molecule has 2 atom stereocenters. The third kappa shape index (κ3) is 4.52. The molecule has 0 spiro atoms. The second-order valence-corrected chi connectivity index (χ2v) is 7.55. The molecule has 2 unspecified atom stereocenters. The highest BCUT2D eigenvalue weighted by Gasteiger charge is 2.21. The van der Waals surface area contributed by atoms with Gasteiger partial charge in [0, 0.05) is 18.7 Å². The predicted molar refractivity (Wildman–Crippen MR) is 114 cm³/mol. The summed E-state index contributed by atoms with van der Waals surface area (Å²) in [4.78, 5) is 29.9. The van der Waals surface area contributed by atoms with Gasteiger partial charge < -0.3 is 19.9 Å². The Morgan fingerprint density at radius 3 is 2.70 bits per heavy atom. The highest BCUT2D eigenvalue weighted by molar-refractivity contribution is 5.94. The molecular formula is C23H26N4O3. The summed E-state index contributed by atoms with van der Waals surface area (Å²) in [5.41, 5.74) is 2.24. The Morgan fingerprint density at radius 2 is 1.93 bits per heavy atom. The minimum Gasteiger partial charge on any atom is -0.376 e. The summed E-state index contributed by atoms with van der Waals surface area (Å²) in [5.74, 6) is 0.369. The minimum absolute atomic E-state index is 0.0945. The molecule has 1 aromatic heterocycles. The van der Waals surface area contributed by atoms with Gasteiger partial charge >= 0.3 is 0 Å². The highest BCUT2D eigenvalue weighted by Crippen LogP contribution is 2.21. The van der Waals surface area contributed by atoms with Crippen LogP contribution in [-0.4, -0.2) is 40.6 Å². The molecule has 2 amide bonds. The van der Waals surface area contributed by atoms with Crippen molar-refractivity contribution in [2.45, 2.75) is 38.5 Å². The maximum Gasteiger partial charge on any atom is 0.251 e. The maximum atomic E-state index is 12.6. The summed E-state index contributed by atoms with van der Waals surface area (Å²) in [6.45, 7) is 3.29. The van der Waals surface area contributed by atoms with Crippen LogP contribution in [-0.2, 0) is 16.1 Å². The van der Waals surface area contributed by atoms with Gasteiger partial charge in [-0.1, -0.05) is 30.3 Å². The van der Waals surface area contributed by atoms with Crippen LogP contribution < -0.4 is 10.6 Å². The van der Waals surface area contributed by atoms with E-state index in [1.165, 1.54) is 0 Å². The zero-order chi connectivity index (χ0) is 20.9. The molecule has 1 aliphatic heterocycles. The Hall–Kier alpha value is -3.19. The second kappa shape index (κ2) is 9.09. The van der Waals surface area contributed by atoms with E-state index < -0.39 is 0 Å². The second-order valence-electron chi connectivity index (χ2n) is 7.55. The van der Waals surface area contributed by atoms with Crippen LogP contribution in [0.3, 0.4) is 0 Å². The SMILES string of the molecule is CC(NC(=O)c1ccccc1)c1nc2ccccc2n1CC(=O)NCC1CCCO1. The number of fused-ring (bicyclic) bond motifs is 1. The third-order valence-corrected chi connectivity index (χ3v) is 5.31. The molecule has 0 radical (unpaired) electrons. The first-order chi connectivity index (χ1) is 14.6. The first kappa shape index (κ1) is 20.1. The van der Waals surface area contributed by atoms with Crippen molar-refractivity contribution in [1.82, 2.24) is 20.2 Å². The number of nitrogens with zero attached hydrogens (tertiary/aromatic N) is 2. The van der Waals surface area contributed by atoms with Gasteiger partial charge in [-0.05, 0) is 44.0 Å². The number of benzene rings is 2. The minimum atomic E-state index is -0.365. The van der Waals surface area contributed by atoms with Gasteiger partial charge in [0.05, 0.1) is 23.2 Å². The van der Waals surface area contributed by atoms with Crippen LogP contribution in [0.2, 0.25) is 0 Å². The van der Waals surface area contributed by atoms with Crippen molar-refractivity contribution < 1.29 is 14.3 Å². The fourth-order valence-corrected chi connectivity index (χ4v) is 3.76. The zero-order valence-corrected chi connectivity index (χ0v) is 17.0. The molecule has 7 heteroatoms. The first-order valence-corrected chi connectivity index (χ1v) is 10.3. The molecule has 1 fully saturated rings. The lowest BCUT2D eigenvalue weighted by atomic mass is 10.2. The Kier molecular flexibility index (Phi) is 6.09. The number of ether oxygens (including phenoxy) is 1. The monoisotopic (exact) mass is 406 g/mol. The fourth-order valence-electron chi connectivity index (χ4n) is 3.76. The van der Waals surface area contributed by atoms with Crippen LogP contribution in [0.5, 0.6) is 0 Å². The molecule has 156 valence electrons. The lowest BCUT2D eigenvalue weighted by molar-refractivity contribution is -0.122. The van der Waals surface area contributed by atoms with E-state index in [4.69, 9.17) is 9.72 Å². The van der Waals surface area contributed by atoms with Crippen LogP contribution in [0.4, 0.5) is 0 Å². The molecule has 1 aliphatic rings. The number of amides is 2. The molecule has 0 bridgehead atoms. The van der Waals surface area contributed by atoms with Crippen LogP contribution in [0.15, 0.2) is 54.6 Å². The van der Waals surface area contributed by atoms with E-state index in [9.17, 15) is 9.59 Å². The Bertz CT molecular complexity index is 1030. The zero-order valence-electron chi connectivity index (χ0n) is 17.0. The van der Waals surface area contributed by atoms with Crippen molar-refractivity contribution in [1.29, 1.82) is 0 Å². The average molecular weight is 406 g/mol. The van der Waals surface area contributed by atoms with Gasteiger partial charge in [-0.15, -0.1) is 0 Å². The van der Waals surface area contributed by atoms with Crippen molar-refractivity contribution in [3.8, 4) is 0 Å². The molecule has 4 rings (SSSR count). The number of rotatable bonds is 7. The molecule has 30 heavy (non-hydrogen) atoms. The van der Waals surface area contributed by atoms with E-state index in [2.05, 4.69) is 10.6 Å². The van der Waals surface area contributed by atoms with Crippen LogP contribution in [0.25, 0.3) is 11.0 Å². The largest absolute Gasteiger partial charge is 0.376 e. The van der Waals surface area contributed by atoms with Gasteiger partial charge in [-0.3, -0.25) is 9.59 Å². The summed E-state index contributed by atoms with van der Waals surface area (Å²) in [5, 5.41) is 5.95. The van der Waals surface area contributed by atoms with E-state index in [-0.39, 0.29) is 30.5 Å². The molecule has 2 aromatic carbocycles. The van der Waals surface area contributed by atoms with Gasteiger partial charge in [0.1, 0.15) is 12.4 Å². The topological polar surface area (TPSA) is 85.2 Å². The van der Waals surface area contributed by atoms with Crippen LogP contribution in [0, 0.1) is 0 Å². The maximum absolute atomic E-state index is 12.6. The van der Waals surface area contributed by atoms with E-state index in [1.807, 2.05) is 54.0 Å². The first-order valence-electron chi connectivity index (χ1n) is 10.3. The molecule has 3 aromatic rings. The Labute approximate surface area is 175 Å². The van der Waals surface area contributed by atoms with Gasteiger partial charge in [-0.2, -0.15) is 0 Å². The van der Waals surface area contributed by atoms with Crippen molar-refractivity contribution in [3.05, 3.63) is 66.0 Å². The van der Waals surface area contributed by atoms with Crippen LogP contribution in [0.1, 0.15) is 42.0 Å². The summed E-state index contributed by atoms with van der Waals surface area (Å²) in [6, 6.07) is 16.4.